The molecular weight excluding hydrogens is 265 g/mol. The normalized spacial score (nSPS) is 10.2. The molecule has 0 saturated heterocycles. The lowest BCUT2D eigenvalue weighted by atomic mass is 10.2. The topological polar surface area (TPSA) is 95.2 Å². The Morgan fingerprint density at radius 1 is 1.25 bits per heavy atom. The molecule has 2 aromatic rings. The molecule has 8 heteroatoms. The maximum absolute atomic E-state index is 13.2. The number of halogens is 1. The van der Waals surface area contributed by atoms with Crippen molar-refractivity contribution in [3.05, 3.63) is 29.6 Å². The maximum Gasteiger partial charge on any atom is 0.330 e. The number of rotatable bonds is 5. The van der Waals surface area contributed by atoms with Crippen LogP contribution in [-0.2, 0) is 0 Å². The molecular formula is C12H14FN5O2. The standard InChI is InChI=1S/C12H14FN5O2/c1-3-19-11-15-10(18-14)16-12(17-11)20-9-6-8(13)5-4-7(9)2/h4-6H,3,14H2,1-2H3,(H,15,16,17,18). The van der Waals surface area contributed by atoms with E-state index in [1.807, 2.05) is 0 Å². The van der Waals surface area contributed by atoms with Gasteiger partial charge in [-0.1, -0.05) is 6.07 Å². The van der Waals surface area contributed by atoms with Gasteiger partial charge in [0, 0.05) is 6.07 Å². The Morgan fingerprint density at radius 2 is 2.00 bits per heavy atom. The molecule has 0 radical (unpaired) electrons. The molecule has 106 valence electrons. The van der Waals surface area contributed by atoms with Gasteiger partial charge in [0.1, 0.15) is 11.6 Å². The van der Waals surface area contributed by atoms with Crippen molar-refractivity contribution < 1.29 is 13.9 Å². The molecule has 0 amide bonds. The fourth-order valence-electron chi connectivity index (χ4n) is 1.42. The van der Waals surface area contributed by atoms with Crippen molar-refractivity contribution in [2.24, 2.45) is 5.84 Å². The Balaban J connectivity index is 2.32. The highest BCUT2D eigenvalue weighted by Crippen LogP contribution is 2.24. The van der Waals surface area contributed by atoms with Crippen LogP contribution >= 0.6 is 0 Å². The number of nitrogen functional groups attached to an aromatic ring is 1. The van der Waals surface area contributed by atoms with Crippen LogP contribution in [-0.4, -0.2) is 21.6 Å². The summed E-state index contributed by atoms with van der Waals surface area (Å²) in [5, 5.41) is 0. The maximum atomic E-state index is 13.2. The van der Waals surface area contributed by atoms with E-state index in [0.29, 0.717) is 12.4 Å². The van der Waals surface area contributed by atoms with Crippen LogP contribution in [0.4, 0.5) is 10.3 Å². The number of nitrogens with two attached hydrogens (primary N) is 1. The molecule has 0 atom stereocenters. The van der Waals surface area contributed by atoms with E-state index in [1.165, 1.54) is 12.1 Å². The van der Waals surface area contributed by atoms with Gasteiger partial charge in [-0.25, -0.2) is 10.2 Å². The summed E-state index contributed by atoms with van der Waals surface area (Å²) in [7, 11) is 0. The molecule has 7 nitrogen and oxygen atoms in total. The number of nitrogens with one attached hydrogen (secondary N) is 1. The first-order chi connectivity index (χ1) is 9.62. The molecule has 1 aromatic carbocycles. The molecule has 0 unspecified atom stereocenters. The van der Waals surface area contributed by atoms with Crippen LogP contribution in [0.1, 0.15) is 12.5 Å². The molecule has 0 fully saturated rings. The van der Waals surface area contributed by atoms with Gasteiger partial charge in [0.2, 0.25) is 5.95 Å². The zero-order valence-electron chi connectivity index (χ0n) is 11.1. The van der Waals surface area contributed by atoms with E-state index in [2.05, 4.69) is 20.4 Å². The van der Waals surface area contributed by atoms with Crippen molar-refractivity contribution >= 4 is 5.95 Å². The number of aromatic nitrogens is 3. The lowest BCUT2D eigenvalue weighted by Crippen LogP contribution is -2.13. The molecule has 0 aliphatic rings. The third kappa shape index (κ3) is 3.29. The number of benzene rings is 1. The van der Waals surface area contributed by atoms with Crippen LogP contribution in [0, 0.1) is 12.7 Å². The molecule has 20 heavy (non-hydrogen) atoms. The largest absolute Gasteiger partial charge is 0.464 e. The summed E-state index contributed by atoms with van der Waals surface area (Å²) in [5.74, 6) is 5.24. The number of hydrazine groups is 1. The molecule has 2 rings (SSSR count). The highest BCUT2D eigenvalue weighted by molar-refractivity contribution is 5.35. The van der Waals surface area contributed by atoms with E-state index in [4.69, 9.17) is 15.3 Å². The number of aryl methyl sites for hydroxylation is 1. The summed E-state index contributed by atoms with van der Waals surface area (Å²) >= 11 is 0. The average molecular weight is 279 g/mol. The van der Waals surface area contributed by atoms with Crippen LogP contribution in [0.3, 0.4) is 0 Å². The lowest BCUT2D eigenvalue weighted by molar-refractivity contribution is 0.303. The summed E-state index contributed by atoms with van der Waals surface area (Å²) in [5.41, 5.74) is 3.02. The summed E-state index contributed by atoms with van der Waals surface area (Å²) < 4.78 is 23.8. The quantitative estimate of drug-likeness (QED) is 0.636. The third-order valence-electron chi connectivity index (χ3n) is 2.35. The average Bonchev–Trinajstić information content (AvgIpc) is 2.43. The number of ether oxygens (including phenoxy) is 2. The first-order valence-electron chi connectivity index (χ1n) is 5.92. The molecule has 0 spiro atoms. The van der Waals surface area contributed by atoms with Gasteiger partial charge in [-0.3, -0.25) is 5.43 Å². The minimum atomic E-state index is -0.415. The Kier molecular flexibility index (Phi) is 4.26. The molecule has 0 saturated carbocycles. The molecule has 1 heterocycles. The van der Waals surface area contributed by atoms with Gasteiger partial charge >= 0.3 is 12.0 Å². The number of hydrogen-bond acceptors (Lipinski definition) is 7. The van der Waals surface area contributed by atoms with Gasteiger partial charge < -0.3 is 9.47 Å². The Morgan fingerprint density at radius 3 is 2.70 bits per heavy atom. The van der Waals surface area contributed by atoms with E-state index in [1.54, 1.807) is 19.9 Å². The third-order valence-corrected chi connectivity index (χ3v) is 2.35. The fraction of sp³-hybridized carbons (Fsp3) is 0.250. The van der Waals surface area contributed by atoms with Gasteiger partial charge in [-0.2, -0.15) is 9.97 Å². The van der Waals surface area contributed by atoms with Crippen LogP contribution < -0.4 is 20.7 Å². The van der Waals surface area contributed by atoms with Crippen molar-refractivity contribution in [2.45, 2.75) is 13.8 Å². The summed E-state index contributed by atoms with van der Waals surface area (Å²) in [6.07, 6.45) is 0. The van der Waals surface area contributed by atoms with Crippen molar-refractivity contribution in [3.8, 4) is 17.8 Å². The number of anilines is 1. The zero-order chi connectivity index (χ0) is 14.5. The van der Waals surface area contributed by atoms with Gasteiger partial charge in [0.15, 0.2) is 0 Å². The first kappa shape index (κ1) is 13.9. The molecule has 1 aromatic heterocycles. The van der Waals surface area contributed by atoms with Crippen molar-refractivity contribution in [3.63, 3.8) is 0 Å². The van der Waals surface area contributed by atoms with Crippen LogP contribution in [0.25, 0.3) is 0 Å². The van der Waals surface area contributed by atoms with Gasteiger partial charge in [-0.05, 0) is 25.5 Å². The van der Waals surface area contributed by atoms with E-state index in [-0.39, 0.29) is 18.0 Å². The van der Waals surface area contributed by atoms with E-state index < -0.39 is 5.82 Å². The monoisotopic (exact) mass is 279 g/mol. The summed E-state index contributed by atoms with van der Waals surface area (Å²) in [6.45, 7) is 3.95. The van der Waals surface area contributed by atoms with E-state index in [0.717, 1.165) is 5.56 Å². The summed E-state index contributed by atoms with van der Waals surface area (Å²) in [4.78, 5) is 11.8. The first-order valence-corrected chi connectivity index (χ1v) is 5.92. The molecule has 0 aliphatic heterocycles. The second-order valence-electron chi connectivity index (χ2n) is 3.81. The van der Waals surface area contributed by atoms with Crippen molar-refractivity contribution in [1.29, 1.82) is 0 Å². The second-order valence-corrected chi connectivity index (χ2v) is 3.81. The fourth-order valence-corrected chi connectivity index (χ4v) is 1.42. The van der Waals surface area contributed by atoms with Crippen LogP contribution in [0.5, 0.6) is 17.8 Å². The Bertz CT molecular complexity index is 608. The number of hydrogen-bond donors (Lipinski definition) is 2. The molecule has 3 N–H and O–H groups in total. The minimum Gasteiger partial charge on any atom is -0.464 e. The van der Waals surface area contributed by atoms with Crippen LogP contribution in [0.15, 0.2) is 18.2 Å². The van der Waals surface area contributed by atoms with Gasteiger partial charge in [0.05, 0.1) is 6.61 Å². The van der Waals surface area contributed by atoms with Crippen molar-refractivity contribution in [2.75, 3.05) is 12.0 Å². The minimum absolute atomic E-state index is 0.0369. The molecule has 0 bridgehead atoms. The zero-order valence-corrected chi connectivity index (χ0v) is 11.1. The van der Waals surface area contributed by atoms with Gasteiger partial charge in [-0.15, -0.1) is 4.98 Å². The Hall–Kier alpha value is -2.48. The predicted molar refractivity (Wildman–Crippen MR) is 70.0 cm³/mol. The number of nitrogens with zero attached hydrogens (tertiary/aromatic N) is 3. The SMILES string of the molecule is CCOc1nc(NN)nc(Oc2cc(F)ccc2C)n1. The smallest absolute Gasteiger partial charge is 0.330 e. The Labute approximate surface area is 114 Å². The van der Waals surface area contributed by atoms with E-state index >= 15 is 0 Å². The van der Waals surface area contributed by atoms with Gasteiger partial charge in [0.25, 0.3) is 0 Å². The molecule has 0 aliphatic carbocycles. The second kappa shape index (κ2) is 6.11. The summed E-state index contributed by atoms with van der Waals surface area (Å²) in [6, 6.07) is 4.21. The lowest BCUT2D eigenvalue weighted by Gasteiger charge is -2.09. The predicted octanol–water partition coefficient (Wildman–Crippen LogP) is 1.80. The highest BCUT2D eigenvalue weighted by atomic mass is 19.1. The van der Waals surface area contributed by atoms with Crippen LogP contribution in [0.2, 0.25) is 0 Å². The van der Waals surface area contributed by atoms with Crippen molar-refractivity contribution in [1.82, 2.24) is 15.0 Å². The highest BCUT2D eigenvalue weighted by Gasteiger charge is 2.10. The van der Waals surface area contributed by atoms with E-state index in [9.17, 15) is 4.39 Å².